The Labute approximate surface area is 98.2 Å². The molecule has 0 aliphatic rings. The summed E-state index contributed by atoms with van der Waals surface area (Å²) in [6, 6.07) is 11.9. The number of rotatable bonds is 3. The highest BCUT2D eigenvalue weighted by molar-refractivity contribution is 7.71. The zero-order chi connectivity index (χ0) is 11.4. The van der Waals surface area contributed by atoms with E-state index in [9.17, 15) is 0 Å². The van der Waals surface area contributed by atoms with E-state index >= 15 is 0 Å². The number of nitrogens with zero attached hydrogens (tertiary/aromatic N) is 3. The van der Waals surface area contributed by atoms with Crippen LogP contribution in [-0.4, -0.2) is 14.8 Å². The highest BCUT2D eigenvalue weighted by Gasteiger charge is 2.07. The third-order valence-electron chi connectivity index (χ3n) is 2.24. The Balaban J connectivity index is 2.43. The minimum absolute atomic E-state index is 0.424. The van der Waals surface area contributed by atoms with Gasteiger partial charge in [-0.3, -0.25) is 9.67 Å². The zero-order valence-corrected chi connectivity index (χ0v) is 9.37. The topological polar surface area (TPSA) is 57.4 Å². The number of hydrogen-bond acceptors (Lipinski definition) is 3. The molecule has 0 aliphatic carbocycles. The van der Waals surface area contributed by atoms with E-state index in [-0.39, 0.29) is 0 Å². The Hall–Kier alpha value is -1.93. The lowest BCUT2D eigenvalue weighted by Gasteiger charge is -2.03. The van der Waals surface area contributed by atoms with Crippen molar-refractivity contribution in [2.24, 2.45) is 0 Å². The highest BCUT2D eigenvalue weighted by Crippen LogP contribution is 2.16. The molecule has 0 saturated carbocycles. The normalized spacial score (nSPS) is 9.94. The van der Waals surface area contributed by atoms with Crippen molar-refractivity contribution in [3.63, 3.8) is 0 Å². The van der Waals surface area contributed by atoms with Crippen molar-refractivity contribution in [1.29, 1.82) is 5.26 Å². The number of hydrogen-bond donors (Lipinski definition) is 1. The van der Waals surface area contributed by atoms with E-state index in [0.717, 1.165) is 11.4 Å². The quantitative estimate of drug-likeness (QED) is 0.824. The second-order valence-electron chi connectivity index (χ2n) is 3.28. The molecule has 0 unspecified atom stereocenters. The molecular formula is C11H10N4S. The zero-order valence-electron chi connectivity index (χ0n) is 8.55. The molecule has 4 nitrogen and oxygen atoms in total. The number of benzene rings is 1. The van der Waals surface area contributed by atoms with Gasteiger partial charge in [-0.05, 0) is 12.2 Å². The van der Waals surface area contributed by atoms with Crippen LogP contribution in [0.25, 0.3) is 11.4 Å². The number of nitriles is 1. The molecule has 16 heavy (non-hydrogen) atoms. The van der Waals surface area contributed by atoms with E-state index in [2.05, 4.69) is 16.3 Å². The molecule has 0 aliphatic heterocycles. The molecule has 1 N–H and O–H groups in total. The van der Waals surface area contributed by atoms with Gasteiger partial charge in [-0.1, -0.05) is 30.3 Å². The van der Waals surface area contributed by atoms with Crippen LogP contribution in [-0.2, 0) is 6.54 Å². The predicted molar refractivity (Wildman–Crippen MR) is 63.1 cm³/mol. The molecule has 1 aromatic carbocycles. The van der Waals surface area contributed by atoms with Gasteiger partial charge in [-0.25, -0.2) is 0 Å². The molecule has 0 saturated heterocycles. The lowest BCUT2D eigenvalue weighted by Crippen LogP contribution is -2.00. The Morgan fingerprint density at radius 1 is 1.38 bits per heavy atom. The van der Waals surface area contributed by atoms with Crippen molar-refractivity contribution in [3.05, 3.63) is 35.1 Å². The highest BCUT2D eigenvalue weighted by atomic mass is 32.1. The Kier molecular flexibility index (Phi) is 3.13. The van der Waals surface area contributed by atoms with E-state index in [1.165, 1.54) is 0 Å². The Morgan fingerprint density at radius 3 is 2.81 bits per heavy atom. The Morgan fingerprint density at radius 2 is 2.12 bits per heavy atom. The monoisotopic (exact) mass is 230 g/mol. The number of nitrogens with one attached hydrogen (secondary N) is 1. The van der Waals surface area contributed by atoms with Crippen molar-refractivity contribution >= 4 is 12.2 Å². The van der Waals surface area contributed by atoms with E-state index in [4.69, 9.17) is 17.5 Å². The van der Waals surface area contributed by atoms with E-state index in [0.29, 0.717) is 17.7 Å². The second kappa shape index (κ2) is 4.73. The number of aromatic nitrogens is 3. The maximum atomic E-state index is 8.59. The molecule has 0 amide bonds. The average Bonchev–Trinajstić information content (AvgIpc) is 2.69. The van der Waals surface area contributed by atoms with Crippen LogP contribution in [0.3, 0.4) is 0 Å². The van der Waals surface area contributed by atoms with Crippen LogP contribution in [0.1, 0.15) is 6.42 Å². The molecule has 2 rings (SSSR count). The summed E-state index contributed by atoms with van der Waals surface area (Å²) in [6.45, 7) is 0.566. The van der Waals surface area contributed by atoms with Gasteiger partial charge in [0.1, 0.15) is 0 Å². The van der Waals surface area contributed by atoms with Crippen LogP contribution >= 0.6 is 12.2 Å². The molecule has 0 spiro atoms. The first-order chi connectivity index (χ1) is 7.83. The fourth-order valence-corrected chi connectivity index (χ4v) is 1.72. The summed E-state index contributed by atoms with van der Waals surface area (Å²) < 4.78 is 2.39. The maximum Gasteiger partial charge on any atom is 0.195 e. The molecule has 0 bridgehead atoms. The van der Waals surface area contributed by atoms with Gasteiger partial charge in [-0.15, -0.1) is 0 Å². The van der Waals surface area contributed by atoms with Gasteiger partial charge in [0.05, 0.1) is 12.5 Å². The van der Waals surface area contributed by atoms with Crippen molar-refractivity contribution in [2.45, 2.75) is 13.0 Å². The summed E-state index contributed by atoms with van der Waals surface area (Å²) in [4.78, 5) is 0. The van der Waals surface area contributed by atoms with Gasteiger partial charge in [0, 0.05) is 12.1 Å². The summed E-state index contributed by atoms with van der Waals surface area (Å²) in [7, 11) is 0. The SMILES string of the molecule is N#CCCn1c(-c2ccccc2)n[nH]c1=S. The first-order valence-electron chi connectivity index (χ1n) is 4.90. The largest absolute Gasteiger partial charge is 0.299 e. The molecule has 1 aromatic heterocycles. The lowest BCUT2D eigenvalue weighted by atomic mass is 10.2. The van der Waals surface area contributed by atoms with Crippen LogP contribution in [0.5, 0.6) is 0 Å². The van der Waals surface area contributed by atoms with Crippen LogP contribution in [0.2, 0.25) is 0 Å². The molecular weight excluding hydrogens is 220 g/mol. The molecule has 0 fully saturated rings. The summed E-state index contributed by atoms with van der Waals surface area (Å²) in [6.07, 6.45) is 0.424. The summed E-state index contributed by atoms with van der Waals surface area (Å²) in [5, 5.41) is 15.5. The third-order valence-corrected chi connectivity index (χ3v) is 2.55. The van der Waals surface area contributed by atoms with Crippen molar-refractivity contribution < 1.29 is 0 Å². The minimum Gasteiger partial charge on any atom is -0.299 e. The average molecular weight is 230 g/mol. The molecule has 80 valence electrons. The third kappa shape index (κ3) is 2.02. The number of H-pyrrole nitrogens is 1. The fraction of sp³-hybridized carbons (Fsp3) is 0.182. The van der Waals surface area contributed by atoms with E-state index in [1.54, 1.807) is 0 Å². The van der Waals surface area contributed by atoms with Crippen molar-refractivity contribution in [1.82, 2.24) is 14.8 Å². The van der Waals surface area contributed by atoms with E-state index < -0.39 is 0 Å². The van der Waals surface area contributed by atoms with Crippen LogP contribution in [0, 0.1) is 16.1 Å². The van der Waals surface area contributed by atoms with Crippen LogP contribution in [0.4, 0.5) is 0 Å². The number of aromatic amines is 1. The molecule has 0 atom stereocenters. The van der Waals surface area contributed by atoms with Crippen molar-refractivity contribution in [2.75, 3.05) is 0 Å². The summed E-state index contributed by atoms with van der Waals surface area (Å²) in [5.74, 6) is 0.779. The van der Waals surface area contributed by atoms with Crippen molar-refractivity contribution in [3.8, 4) is 17.5 Å². The standard InChI is InChI=1S/C11H10N4S/c12-7-4-8-15-10(13-14-11(15)16)9-5-2-1-3-6-9/h1-3,5-6H,4,8H2,(H,14,16). The molecule has 2 aromatic rings. The predicted octanol–water partition coefficient (Wildman–Crippen LogP) is 2.52. The first kappa shape index (κ1) is 10.6. The van der Waals surface area contributed by atoms with Crippen LogP contribution in [0.15, 0.2) is 30.3 Å². The smallest absolute Gasteiger partial charge is 0.195 e. The Bertz CT molecular complexity index is 562. The van der Waals surface area contributed by atoms with Gasteiger partial charge >= 0.3 is 0 Å². The van der Waals surface area contributed by atoms with Gasteiger partial charge in [0.2, 0.25) is 0 Å². The molecule has 0 radical (unpaired) electrons. The summed E-state index contributed by atoms with van der Waals surface area (Å²) >= 11 is 5.12. The van der Waals surface area contributed by atoms with Gasteiger partial charge in [0.25, 0.3) is 0 Å². The van der Waals surface area contributed by atoms with Gasteiger partial charge in [0.15, 0.2) is 10.6 Å². The fourth-order valence-electron chi connectivity index (χ4n) is 1.49. The molecule has 1 heterocycles. The second-order valence-corrected chi connectivity index (χ2v) is 3.66. The first-order valence-corrected chi connectivity index (χ1v) is 5.31. The van der Waals surface area contributed by atoms with Gasteiger partial charge in [-0.2, -0.15) is 10.4 Å². The van der Waals surface area contributed by atoms with Crippen LogP contribution < -0.4 is 0 Å². The summed E-state index contributed by atoms with van der Waals surface area (Å²) in [5.41, 5.74) is 0.993. The molecule has 5 heteroatoms. The van der Waals surface area contributed by atoms with Gasteiger partial charge < -0.3 is 0 Å². The van der Waals surface area contributed by atoms with E-state index in [1.807, 2.05) is 34.9 Å². The maximum absolute atomic E-state index is 8.59. The minimum atomic E-state index is 0.424. The lowest BCUT2D eigenvalue weighted by molar-refractivity contribution is 0.710.